The predicted octanol–water partition coefficient (Wildman–Crippen LogP) is 3.94. The van der Waals surface area contributed by atoms with Crippen molar-refractivity contribution in [1.82, 2.24) is 8.96 Å². The van der Waals surface area contributed by atoms with Crippen molar-refractivity contribution in [3.63, 3.8) is 0 Å². The molecular weight excluding hydrogens is 320 g/mol. The Morgan fingerprint density at radius 1 is 0.792 bits per heavy atom. The van der Waals surface area contributed by atoms with Gasteiger partial charge in [0.15, 0.2) is 0 Å². The molecule has 0 aliphatic carbocycles. The molecule has 0 radical (unpaired) electrons. The largest absolute Gasteiger partial charge is 0.268 e. The van der Waals surface area contributed by atoms with E-state index in [0.29, 0.717) is 5.52 Å². The van der Waals surface area contributed by atoms with Gasteiger partial charge in [0.2, 0.25) is 0 Å². The van der Waals surface area contributed by atoms with Crippen LogP contribution in [0.2, 0.25) is 0 Å². The van der Waals surface area contributed by atoms with Crippen LogP contribution in [-0.2, 0) is 10.0 Å². The van der Waals surface area contributed by atoms with Gasteiger partial charge >= 0.3 is 0 Å². The quantitative estimate of drug-likeness (QED) is 0.570. The van der Waals surface area contributed by atoms with E-state index in [4.69, 9.17) is 0 Å². The summed E-state index contributed by atoms with van der Waals surface area (Å²) in [6.07, 6.45) is 5.04. The molecule has 0 fully saturated rings. The Morgan fingerprint density at radius 2 is 1.54 bits per heavy atom. The van der Waals surface area contributed by atoms with E-state index >= 15 is 0 Å². The van der Waals surface area contributed by atoms with Crippen LogP contribution in [0, 0.1) is 0 Å². The van der Waals surface area contributed by atoms with Crippen LogP contribution >= 0.6 is 0 Å². The first-order chi connectivity index (χ1) is 11.7. The molecule has 2 heterocycles. The molecule has 0 saturated heterocycles. The van der Waals surface area contributed by atoms with Gasteiger partial charge in [-0.25, -0.2) is 12.4 Å². The van der Waals surface area contributed by atoms with Gasteiger partial charge in [-0.05, 0) is 47.5 Å². The zero-order chi connectivity index (χ0) is 16.6. The van der Waals surface area contributed by atoms with E-state index in [9.17, 15) is 8.42 Å². The monoisotopic (exact) mass is 334 g/mol. The molecule has 0 spiro atoms. The highest BCUT2D eigenvalue weighted by Gasteiger charge is 2.18. The summed E-state index contributed by atoms with van der Waals surface area (Å²) >= 11 is 0. The smallest absolute Gasteiger partial charge is 0.265 e. The van der Waals surface area contributed by atoms with Crippen molar-refractivity contribution in [3.05, 3.63) is 85.3 Å². The second-order valence-electron chi connectivity index (χ2n) is 5.44. The van der Waals surface area contributed by atoms with E-state index in [2.05, 4.69) is 4.98 Å². The molecule has 0 amide bonds. The Balaban J connectivity index is 1.91. The van der Waals surface area contributed by atoms with Gasteiger partial charge < -0.3 is 0 Å². The predicted molar refractivity (Wildman–Crippen MR) is 94.2 cm³/mol. The van der Waals surface area contributed by atoms with Crippen molar-refractivity contribution in [3.8, 4) is 11.1 Å². The number of hydrogen-bond donors (Lipinski definition) is 0. The fraction of sp³-hybridized carbons (Fsp3) is 0. The molecule has 0 atom stereocenters. The first-order valence-corrected chi connectivity index (χ1v) is 8.92. The molecule has 4 nitrogen and oxygen atoms in total. The lowest BCUT2D eigenvalue weighted by molar-refractivity contribution is 0.589. The molecule has 2 aromatic heterocycles. The van der Waals surface area contributed by atoms with Crippen molar-refractivity contribution in [1.29, 1.82) is 0 Å². The van der Waals surface area contributed by atoms with Gasteiger partial charge in [-0.2, -0.15) is 0 Å². The van der Waals surface area contributed by atoms with Crippen molar-refractivity contribution < 1.29 is 8.42 Å². The summed E-state index contributed by atoms with van der Waals surface area (Å²) in [5.74, 6) is 0. The van der Waals surface area contributed by atoms with E-state index in [1.807, 2.05) is 36.4 Å². The lowest BCUT2D eigenvalue weighted by atomic mass is 10.1. The fourth-order valence-corrected chi connectivity index (χ4v) is 4.11. The SMILES string of the molecule is O=S(=O)(c1ccccc1)n1ccc2ccc(-c3ccncc3)cc21. The van der Waals surface area contributed by atoms with Gasteiger partial charge in [-0.1, -0.05) is 30.3 Å². The maximum absolute atomic E-state index is 12.9. The molecule has 0 bridgehead atoms. The maximum atomic E-state index is 12.9. The second-order valence-corrected chi connectivity index (χ2v) is 7.25. The van der Waals surface area contributed by atoms with Crippen LogP contribution in [0.1, 0.15) is 0 Å². The third-order valence-electron chi connectivity index (χ3n) is 3.97. The number of aromatic nitrogens is 2. The highest BCUT2D eigenvalue weighted by Crippen LogP contribution is 2.27. The van der Waals surface area contributed by atoms with E-state index in [-0.39, 0.29) is 4.90 Å². The first kappa shape index (κ1) is 14.7. The van der Waals surface area contributed by atoms with E-state index in [0.717, 1.165) is 16.5 Å². The summed E-state index contributed by atoms with van der Waals surface area (Å²) in [5.41, 5.74) is 2.61. The van der Waals surface area contributed by atoms with Gasteiger partial charge in [0.25, 0.3) is 10.0 Å². The fourth-order valence-electron chi connectivity index (χ4n) is 2.74. The Labute approximate surface area is 140 Å². The summed E-state index contributed by atoms with van der Waals surface area (Å²) in [6.45, 7) is 0. The Bertz CT molecular complexity index is 1100. The van der Waals surface area contributed by atoms with Crippen LogP contribution < -0.4 is 0 Å². The molecule has 0 N–H and O–H groups in total. The van der Waals surface area contributed by atoms with Gasteiger partial charge in [0.05, 0.1) is 10.4 Å². The van der Waals surface area contributed by atoms with Crippen LogP contribution in [0.5, 0.6) is 0 Å². The number of nitrogens with zero attached hydrogens (tertiary/aromatic N) is 2. The summed E-state index contributed by atoms with van der Waals surface area (Å²) < 4.78 is 27.2. The Hall–Kier alpha value is -2.92. The minimum absolute atomic E-state index is 0.275. The number of pyridine rings is 1. The van der Waals surface area contributed by atoms with Gasteiger partial charge in [-0.3, -0.25) is 4.98 Å². The normalized spacial score (nSPS) is 11.7. The van der Waals surface area contributed by atoms with Gasteiger partial charge in [0, 0.05) is 24.0 Å². The van der Waals surface area contributed by atoms with Crippen molar-refractivity contribution in [2.75, 3.05) is 0 Å². The summed E-state index contributed by atoms with van der Waals surface area (Å²) in [5, 5.41) is 0.882. The topological polar surface area (TPSA) is 52.0 Å². The van der Waals surface area contributed by atoms with E-state index in [1.54, 1.807) is 48.9 Å². The van der Waals surface area contributed by atoms with E-state index < -0.39 is 10.0 Å². The average molecular weight is 334 g/mol. The lowest BCUT2D eigenvalue weighted by Gasteiger charge is -2.09. The van der Waals surface area contributed by atoms with Gasteiger partial charge in [-0.15, -0.1) is 0 Å². The number of hydrogen-bond acceptors (Lipinski definition) is 3. The molecule has 0 unspecified atom stereocenters. The minimum atomic E-state index is -3.62. The van der Waals surface area contributed by atoms with Crippen molar-refractivity contribution >= 4 is 20.9 Å². The van der Waals surface area contributed by atoms with Crippen LogP contribution in [0.25, 0.3) is 22.0 Å². The van der Waals surface area contributed by atoms with Crippen molar-refractivity contribution in [2.24, 2.45) is 0 Å². The Morgan fingerprint density at radius 3 is 2.29 bits per heavy atom. The van der Waals surface area contributed by atoms with Crippen molar-refractivity contribution in [2.45, 2.75) is 4.90 Å². The van der Waals surface area contributed by atoms with Crippen LogP contribution in [0.15, 0.2) is 90.2 Å². The standard InChI is InChI=1S/C19H14N2O2S/c22-24(23,18-4-2-1-3-5-18)21-13-10-16-6-7-17(14-19(16)21)15-8-11-20-12-9-15/h1-14H. The molecule has 4 rings (SSSR count). The molecule has 0 saturated carbocycles. The molecule has 118 valence electrons. The molecule has 4 aromatic rings. The number of rotatable bonds is 3. The molecule has 5 heteroatoms. The molecule has 2 aromatic carbocycles. The maximum Gasteiger partial charge on any atom is 0.268 e. The second kappa shape index (κ2) is 5.62. The van der Waals surface area contributed by atoms with Crippen LogP contribution in [0.3, 0.4) is 0 Å². The average Bonchev–Trinajstić information content (AvgIpc) is 3.07. The highest BCUT2D eigenvalue weighted by atomic mass is 32.2. The third kappa shape index (κ3) is 2.39. The first-order valence-electron chi connectivity index (χ1n) is 7.48. The minimum Gasteiger partial charge on any atom is -0.265 e. The third-order valence-corrected chi connectivity index (χ3v) is 5.68. The number of fused-ring (bicyclic) bond motifs is 1. The molecular formula is C19H14N2O2S. The summed E-state index contributed by atoms with van der Waals surface area (Å²) in [4.78, 5) is 4.29. The zero-order valence-corrected chi connectivity index (χ0v) is 13.5. The number of benzene rings is 2. The lowest BCUT2D eigenvalue weighted by Crippen LogP contribution is -2.11. The van der Waals surface area contributed by atoms with Gasteiger partial charge in [0.1, 0.15) is 0 Å². The molecule has 0 aliphatic heterocycles. The zero-order valence-electron chi connectivity index (χ0n) is 12.7. The molecule has 24 heavy (non-hydrogen) atoms. The van der Waals surface area contributed by atoms with Crippen LogP contribution in [-0.4, -0.2) is 17.4 Å². The Kier molecular flexibility index (Phi) is 3.43. The summed E-state index contributed by atoms with van der Waals surface area (Å²) in [7, 11) is -3.62. The van der Waals surface area contributed by atoms with Crippen LogP contribution in [0.4, 0.5) is 0 Å². The molecule has 0 aliphatic rings. The van der Waals surface area contributed by atoms with E-state index in [1.165, 1.54) is 3.97 Å². The summed E-state index contributed by atoms with van der Waals surface area (Å²) in [6, 6.07) is 19.9. The highest BCUT2D eigenvalue weighted by molar-refractivity contribution is 7.90.